The van der Waals surface area contributed by atoms with Crippen LogP contribution in [0.15, 0.2) is 12.3 Å². The van der Waals surface area contributed by atoms with E-state index < -0.39 is 43.7 Å². The average Bonchev–Trinajstić information content (AvgIpc) is 2.85. The number of carbonyl (C=O) groups excluding carboxylic acids is 3. The van der Waals surface area contributed by atoms with Crippen molar-refractivity contribution in [1.29, 1.82) is 0 Å². The predicted octanol–water partition coefficient (Wildman–Crippen LogP) is 0.626. The normalized spacial score (nSPS) is 37.1. The molecular weight excluding hydrogens is 407 g/mol. The van der Waals surface area contributed by atoms with Gasteiger partial charge in [0.15, 0.2) is 12.0 Å². The molecule has 1 amide bonds. The van der Waals surface area contributed by atoms with Crippen LogP contribution in [0.1, 0.15) is 33.6 Å². The molecule has 162 valence electrons. The van der Waals surface area contributed by atoms with Crippen LogP contribution in [0.3, 0.4) is 0 Å². The first-order valence-electron chi connectivity index (χ1n) is 9.25. The van der Waals surface area contributed by atoms with Crippen molar-refractivity contribution in [3.63, 3.8) is 0 Å². The summed E-state index contributed by atoms with van der Waals surface area (Å²) in [5, 5.41) is 0. The van der Waals surface area contributed by atoms with Gasteiger partial charge < -0.3 is 15.2 Å². The Morgan fingerprint density at radius 2 is 2.17 bits per heavy atom. The molecule has 0 aromatic heterocycles. The van der Waals surface area contributed by atoms with Gasteiger partial charge in [-0.3, -0.25) is 32.9 Å². The molecule has 2 N–H and O–H groups in total. The van der Waals surface area contributed by atoms with Crippen molar-refractivity contribution in [3.8, 4) is 0 Å². The Labute approximate surface area is 168 Å². The lowest BCUT2D eigenvalue weighted by atomic mass is 9.92. The quantitative estimate of drug-likeness (QED) is 0.360. The number of esters is 1. The summed E-state index contributed by atoms with van der Waals surface area (Å²) >= 11 is 0. The molecular formula is C17H25N2O9P. The van der Waals surface area contributed by atoms with Crippen LogP contribution in [-0.4, -0.2) is 65.9 Å². The van der Waals surface area contributed by atoms with Crippen LogP contribution in [0, 0.1) is 0 Å². The maximum atomic E-state index is 12.8. The van der Waals surface area contributed by atoms with E-state index in [4.69, 9.17) is 28.8 Å². The molecule has 5 atom stereocenters. The van der Waals surface area contributed by atoms with Gasteiger partial charge in [0.1, 0.15) is 12.2 Å². The summed E-state index contributed by atoms with van der Waals surface area (Å²) in [6.07, 6.45) is -0.613. The number of fused-ring (bicyclic) bond motifs is 1. The molecule has 3 aliphatic heterocycles. The van der Waals surface area contributed by atoms with Crippen LogP contribution in [-0.2, 0) is 42.0 Å². The molecule has 3 rings (SSSR count). The number of phosphoric acid groups is 1. The Morgan fingerprint density at radius 3 is 2.83 bits per heavy atom. The van der Waals surface area contributed by atoms with Crippen molar-refractivity contribution in [2.24, 2.45) is 5.73 Å². The highest BCUT2D eigenvalue weighted by Crippen LogP contribution is 2.57. The first-order valence-corrected chi connectivity index (χ1v) is 10.7. The van der Waals surface area contributed by atoms with Crippen LogP contribution in [0.5, 0.6) is 0 Å². The minimum atomic E-state index is -3.99. The Kier molecular flexibility index (Phi) is 6.28. The number of allylic oxidation sites excluding steroid dienone is 1. The lowest BCUT2D eigenvalue weighted by molar-refractivity contribution is -0.149. The van der Waals surface area contributed by atoms with Gasteiger partial charge >= 0.3 is 13.8 Å². The SMILES string of the molecule is CC(C)OC(=O)CCO[P@@]1(=O)OC[C@H]2O[C@@H](N3C=CC(=O)CC3=O)[C@](C)(N)[C@@H]2O1. The second-order valence-corrected chi connectivity index (χ2v) is 9.17. The second-order valence-electron chi connectivity index (χ2n) is 7.54. The maximum Gasteiger partial charge on any atom is 0.475 e. The molecule has 0 aromatic carbocycles. The van der Waals surface area contributed by atoms with Crippen molar-refractivity contribution in [1.82, 2.24) is 4.90 Å². The molecule has 29 heavy (non-hydrogen) atoms. The topological polar surface area (TPSA) is 144 Å². The van der Waals surface area contributed by atoms with Crippen molar-refractivity contribution in [2.75, 3.05) is 13.2 Å². The number of nitrogens with two attached hydrogens (primary N) is 1. The van der Waals surface area contributed by atoms with Gasteiger partial charge in [-0.25, -0.2) is 4.57 Å². The molecule has 0 unspecified atom stereocenters. The van der Waals surface area contributed by atoms with Crippen molar-refractivity contribution in [2.45, 2.75) is 63.7 Å². The first kappa shape index (κ1) is 22.1. The van der Waals surface area contributed by atoms with Gasteiger partial charge in [0.05, 0.1) is 37.7 Å². The number of rotatable bonds is 6. The molecule has 11 nitrogen and oxygen atoms in total. The fraction of sp³-hybridized carbons (Fsp3) is 0.706. The number of ether oxygens (including phenoxy) is 2. The second kappa shape index (κ2) is 8.25. The minimum Gasteiger partial charge on any atom is -0.463 e. The summed E-state index contributed by atoms with van der Waals surface area (Å²) in [5.41, 5.74) is 5.13. The predicted molar refractivity (Wildman–Crippen MR) is 97.1 cm³/mol. The summed E-state index contributed by atoms with van der Waals surface area (Å²) in [5.74, 6) is -1.27. The van der Waals surface area contributed by atoms with Gasteiger partial charge in [-0.1, -0.05) is 0 Å². The van der Waals surface area contributed by atoms with E-state index in [2.05, 4.69) is 0 Å². The molecule has 0 radical (unpaired) electrons. The van der Waals surface area contributed by atoms with E-state index in [1.165, 1.54) is 17.2 Å². The van der Waals surface area contributed by atoms with E-state index in [9.17, 15) is 18.9 Å². The zero-order valence-corrected chi connectivity index (χ0v) is 17.3. The van der Waals surface area contributed by atoms with E-state index in [0.717, 1.165) is 0 Å². The van der Waals surface area contributed by atoms with Crippen LogP contribution < -0.4 is 5.73 Å². The first-order chi connectivity index (χ1) is 13.5. The van der Waals surface area contributed by atoms with E-state index in [1.807, 2.05) is 0 Å². The maximum absolute atomic E-state index is 12.8. The smallest absolute Gasteiger partial charge is 0.463 e. The van der Waals surface area contributed by atoms with Gasteiger partial charge in [0.2, 0.25) is 5.91 Å². The highest BCUT2D eigenvalue weighted by Gasteiger charge is 2.60. The summed E-state index contributed by atoms with van der Waals surface area (Å²) < 4.78 is 39.5. The number of amides is 1. The van der Waals surface area contributed by atoms with Crippen LogP contribution in [0.25, 0.3) is 0 Å². The number of nitrogens with zero attached hydrogens (tertiary/aromatic N) is 1. The summed E-state index contributed by atoms with van der Waals surface area (Å²) in [4.78, 5) is 36.4. The number of ketones is 1. The van der Waals surface area contributed by atoms with Crippen LogP contribution in [0.4, 0.5) is 0 Å². The largest absolute Gasteiger partial charge is 0.475 e. The Morgan fingerprint density at radius 1 is 1.45 bits per heavy atom. The van der Waals surface area contributed by atoms with Crippen molar-refractivity contribution in [3.05, 3.63) is 12.3 Å². The Bertz CT molecular complexity index is 766. The molecule has 3 heterocycles. The van der Waals surface area contributed by atoms with Gasteiger partial charge in [-0.05, 0) is 26.8 Å². The lowest BCUT2D eigenvalue weighted by Gasteiger charge is -2.38. The monoisotopic (exact) mass is 432 g/mol. The van der Waals surface area contributed by atoms with Crippen molar-refractivity contribution >= 4 is 25.5 Å². The molecule has 0 aromatic rings. The van der Waals surface area contributed by atoms with E-state index in [1.54, 1.807) is 20.8 Å². The van der Waals surface area contributed by atoms with E-state index in [0.29, 0.717) is 0 Å². The van der Waals surface area contributed by atoms with Gasteiger partial charge in [-0.2, -0.15) is 0 Å². The van der Waals surface area contributed by atoms with Gasteiger partial charge in [0, 0.05) is 6.20 Å². The standard InChI is InChI=1S/C17H25N2O9P/c1-10(2)26-14(22)5-7-24-29(23)25-9-12-15(28-29)17(3,18)16(27-12)19-6-4-11(20)8-13(19)21/h4,6,10,12,15-16H,5,7-9,18H2,1-3H3/t12-,15-,16-,17-,29+/m1/s1. The summed E-state index contributed by atoms with van der Waals surface area (Å²) in [7, 11) is -3.99. The molecule has 0 saturated carbocycles. The Hall–Kier alpha value is -1.62. The molecule has 2 saturated heterocycles. The van der Waals surface area contributed by atoms with Crippen molar-refractivity contribution < 1.29 is 42.0 Å². The van der Waals surface area contributed by atoms with Crippen LogP contribution in [0.2, 0.25) is 0 Å². The molecule has 0 bridgehead atoms. The number of hydrogen-bond donors (Lipinski definition) is 1. The molecule has 0 spiro atoms. The van der Waals surface area contributed by atoms with Gasteiger partial charge in [0.25, 0.3) is 0 Å². The zero-order valence-electron chi connectivity index (χ0n) is 16.4. The highest BCUT2D eigenvalue weighted by molar-refractivity contribution is 7.48. The van der Waals surface area contributed by atoms with Crippen LogP contribution >= 0.6 is 7.82 Å². The number of hydrogen-bond acceptors (Lipinski definition) is 10. The highest BCUT2D eigenvalue weighted by atomic mass is 31.2. The third kappa shape index (κ3) is 4.76. The van der Waals surface area contributed by atoms with E-state index in [-0.39, 0.29) is 37.9 Å². The third-order valence-electron chi connectivity index (χ3n) is 4.64. The number of carbonyl (C=O) groups is 3. The fourth-order valence-corrected chi connectivity index (χ4v) is 4.80. The Balaban J connectivity index is 1.64. The summed E-state index contributed by atoms with van der Waals surface area (Å²) in [6.45, 7) is 4.67. The van der Waals surface area contributed by atoms with Gasteiger partial charge in [-0.15, -0.1) is 0 Å². The molecule has 2 fully saturated rings. The lowest BCUT2D eigenvalue weighted by Crippen LogP contribution is -2.60. The summed E-state index contributed by atoms with van der Waals surface area (Å²) in [6, 6.07) is 0. The fourth-order valence-electron chi connectivity index (χ4n) is 3.32. The molecule has 3 aliphatic rings. The third-order valence-corrected chi connectivity index (χ3v) is 6.09. The minimum absolute atomic E-state index is 0.122. The molecule has 0 aliphatic carbocycles. The zero-order chi connectivity index (χ0) is 21.4. The average molecular weight is 432 g/mol. The van der Waals surface area contributed by atoms with E-state index >= 15 is 0 Å². The molecule has 12 heteroatoms. The number of phosphoric ester groups is 1.